The Kier molecular flexibility index (Phi) is 7.73. The van der Waals surface area contributed by atoms with Gasteiger partial charge in [0.15, 0.2) is 0 Å². The average molecular weight is 384 g/mol. The molecule has 0 atom stereocenters. The summed E-state index contributed by atoms with van der Waals surface area (Å²) in [7, 11) is -1.87. The lowest BCUT2D eigenvalue weighted by atomic mass is 10.2. The molecule has 4 nitrogen and oxygen atoms in total. The highest BCUT2D eigenvalue weighted by Gasteiger charge is 2.06. The maximum absolute atomic E-state index is 10.5. The van der Waals surface area contributed by atoms with Gasteiger partial charge in [-0.15, -0.1) is 0 Å². The fourth-order valence-corrected chi connectivity index (χ4v) is 3.04. The van der Waals surface area contributed by atoms with Crippen molar-refractivity contribution in [2.45, 2.75) is 24.9 Å². The summed E-state index contributed by atoms with van der Waals surface area (Å²) in [6.07, 6.45) is 0. The van der Waals surface area contributed by atoms with Crippen molar-refractivity contribution < 1.29 is 13.0 Å². The highest BCUT2D eigenvalue weighted by atomic mass is 32.2. The van der Waals surface area contributed by atoms with Crippen LogP contribution in [0.5, 0.6) is 0 Å². The van der Waals surface area contributed by atoms with Crippen LogP contribution in [0.4, 0.5) is 0 Å². The Morgan fingerprint density at radius 1 is 0.741 bits per heavy atom. The van der Waals surface area contributed by atoms with E-state index in [0.29, 0.717) is 0 Å². The van der Waals surface area contributed by atoms with Crippen LogP contribution in [0.15, 0.2) is 89.8 Å². The Hall–Kier alpha value is -2.47. The summed E-state index contributed by atoms with van der Waals surface area (Å²) in [5, 5.41) is 0. The molecular formula is C22H25NO3S. The van der Waals surface area contributed by atoms with Gasteiger partial charge in [0.05, 0.1) is 4.90 Å². The van der Waals surface area contributed by atoms with Gasteiger partial charge in [-0.25, -0.2) is 0 Å². The van der Waals surface area contributed by atoms with Gasteiger partial charge in [-0.3, -0.25) is 9.45 Å². The minimum absolute atomic E-state index is 0.0666. The smallest absolute Gasteiger partial charge is 0.294 e. The van der Waals surface area contributed by atoms with Crippen molar-refractivity contribution in [3.05, 3.63) is 102 Å². The normalized spacial score (nSPS) is 11.0. The van der Waals surface area contributed by atoms with Crippen LogP contribution in [0, 0.1) is 6.92 Å². The lowest BCUT2D eigenvalue weighted by molar-refractivity contribution is 0.319. The fraction of sp³-hybridized carbons (Fsp3) is 0.182. The minimum atomic E-state index is -4.02. The molecule has 0 aliphatic carbocycles. The topological polar surface area (TPSA) is 57.6 Å². The van der Waals surface area contributed by atoms with Gasteiger partial charge in [0.1, 0.15) is 0 Å². The molecule has 0 spiro atoms. The van der Waals surface area contributed by atoms with Gasteiger partial charge in [-0.2, -0.15) is 8.42 Å². The molecular weight excluding hydrogens is 358 g/mol. The van der Waals surface area contributed by atoms with Crippen molar-refractivity contribution in [3.63, 3.8) is 0 Å². The molecule has 1 N–H and O–H groups in total. The van der Waals surface area contributed by atoms with E-state index in [2.05, 4.69) is 72.6 Å². The summed E-state index contributed by atoms with van der Waals surface area (Å²) in [5.41, 5.74) is 3.68. The van der Waals surface area contributed by atoms with Gasteiger partial charge in [-0.1, -0.05) is 78.4 Å². The third-order valence-corrected chi connectivity index (χ3v) is 4.78. The van der Waals surface area contributed by atoms with E-state index in [-0.39, 0.29) is 4.90 Å². The second kappa shape index (κ2) is 10.0. The van der Waals surface area contributed by atoms with Crippen LogP contribution < -0.4 is 0 Å². The third kappa shape index (κ3) is 7.74. The van der Waals surface area contributed by atoms with E-state index in [1.807, 2.05) is 6.92 Å². The van der Waals surface area contributed by atoms with E-state index < -0.39 is 10.1 Å². The Morgan fingerprint density at radius 2 is 1.15 bits per heavy atom. The van der Waals surface area contributed by atoms with Gasteiger partial charge < -0.3 is 0 Å². The highest BCUT2D eigenvalue weighted by molar-refractivity contribution is 7.85. The molecule has 0 saturated heterocycles. The minimum Gasteiger partial charge on any atom is -0.298 e. The molecule has 0 aromatic heterocycles. The lowest BCUT2D eigenvalue weighted by Crippen LogP contribution is -2.16. The zero-order valence-corrected chi connectivity index (χ0v) is 16.4. The first-order chi connectivity index (χ1) is 12.8. The molecule has 5 heteroatoms. The molecule has 3 rings (SSSR count). The van der Waals surface area contributed by atoms with Crippen molar-refractivity contribution in [1.82, 2.24) is 4.90 Å². The third-order valence-electron chi connectivity index (χ3n) is 3.91. The molecule has 0 fully saturated rings. The standard InChI is InChI=1S/C15H17N.C7H8O3S/c1-16(12-14-8-4-2-5-9-14)13-15-10-6-3-7-11-15;1-6-2-4-7(5-3-6)11(8,9)10/h2-11H,12-13H2,1H3;2-5H,1H3,(H,8,9,10). The van der Waals surface area contributed by atoms with Crippen molar-refractivity contribution in [2.75, 3.05) is 7.05 Å². The van der Waals surface area contributed by atoms with E-state index in [9.17, 15) is 8.42 Å². The summed E-state index contributed by atoms with van der Waals surface area (Å²) in [5.74, 6) is 0. The Morgan fingerprint density at radius 3 is 1.52 bits per heavy atom. The van der Waals surface area contributed by atoms with Crippen LogP contribution in [0.1, 0.15) is 16.7 Å². The van der Waals surface area contributed by atoms with Crippen LogP contribution in [0.3, 0.4) is 0 Å². The highest BCUT2D eigenvalue weighted by Crippen LogP contribution is 2.09. The number of aryl methyl sites for hydroxylation is 1. The first-order valence-corrected chi connectivity index (χ1v) is 10.1. The van der Waals surface area contributed by atoms with E-state index in [0.717, 1.165) is 18.7 Å². The average Bonchev–Trinajstić information content (AvgIpc) is 2.63. The molecule has 0 amide bonds. The predicted octanol–water partition coefficient (Wildman–Crippen LogP) is 4.56. The molecule has 0 saturated carbocycles. The van der Waals surface area contributed by atoms with Crippen molar-refractivity contribution in [2.24, 2.45) is 0 Å². The van der Waals surface area contributed by atoms with Gasteiger partial charge in [0.25, 0.3) is 10.1 Å². The zero-order chi connectivity index (χ0) is 19.7. The quantitative estimate of drug-likeness (QED) is 0.656. The van der Waals surface area contributed by atoms with Crippen LogP contribution in [0.25, 0.3) is 0 Å². The molecule has 142 valence electrons. The Balaban J connectivity index is 0.000000208. The molecule has 0 radical (unpaired) electrons. The fourth-order valence-electron chi connectivity index (χ4n) is 2.56. The molecule has 3 aromatic carbocycles. The maximum atomic E-state index is 10.5. The van der Waals surface area contributed by atoms with Gasteiger partial charge >= 0.3 is 0 Å². The summed E-state index contributed by atoms with van der Waals surface area (Å²) in [6, 6.07) is 27.1. The molecule has 27 heavy (non-hydrogen) atoms. The van der Waals surface area contributed by atoms with Crippen molar-refractivity contribution >= 4 is 10.1 Å². The van der Waals surface area contributed by atoms with Crippen LogP contribution in [-0.4, -0.2) is 24.9 Å². The van der Waals surface area contributed by atoms with Gasteiger partial charge in [0.2, 0.25) is 0 Å². The second-order valence-electron chi connectivity index (χ2n) is 6.43. The van der Waals surface area contributed by atoms with Gasteiger partial charge in [0, 0.05) is 13.1 Å². The number of hydrogen-bond acceptors (Lipinski definition) is 3. The predicted molar refractivity (Wildman–Crippen MR) is 109 cm³/mol. The first kappa shape index (κ1) is 20.8. The van der Waals surface area contributed by atoms with Crippen LogP contribution in [-0.2, 0) is 23.2 Å². The zero-order valence-electron chi connectivity index (χ0n) is 15.6. The lowest BCUT2D eigenvalue weighted by Gasteiger charge is -2.16. The molecule has 0 aliphatic rings. The molecule has 0 bridgehead atoms. The first-order valence-electron chi connectivity index (χ1n) is 8.65. The molecule has 0 heterocycles. The van der Waals surface area contributed by atoms with E-state index in [1.165, 1.54) is 23.3 Å². The van der Waals surface area contributed by atoms with E-state index in [1.54, 1.807) is 12.1 Å². The van der Waals surface area contributed by atoms with Gasteiger partial charge in [-0.05, 0) is 37.2 Å². The SMILES string of the molecule is CN(Cc1ccccc1)Cc1ccccc1.Cc1ccc(S(=O)(=O)O)cc1. The van der Waals surface area contributed by atoms with Crippen LogP contribution >= 0.6 is 0 Å². The van der Waals surface area contributed by atoms with E-state index >= 15 is 0 Å². The van der Waals surface area contributed by atoms with Crippen molar-refractivity contribution in [1.29, 1.82) is 0 Å². The number of benzene rings is 3. The van der Waals surface area contributed by atoms with Crippen LogP contribution in [0.2, 0.25) is 0 Å². The Labute approximate surface area is 161 Å². The summed E-state index contributed by atoms with van der Waals surface area (Å²) in [4.78, 5) is 2.26. The number of hydrogen-bond donors (Lipinski definition) is 1. The number of nitrogens with zero attached hydrogens (tertiary/aromatic N) is 1. The van der Waals surface area contributed by atoms with E-state index in [4.69, 9.17) is 4.55 Å². The number of rotatable bonds is 5. The molecule has 0 unspecified atom stereocenters. The Bertz CT molecular complexity index is 867. The summed E-state index contributed by atoms with van der Waals surface area (Å²) in [6.45, 7) is 3.83. The summed E-state index contributed by atoms with van der Waals surface area (Å²) >= 11 is 0. The summed E-state index contributed by atoms with van der Waals surface area (Å²) < 4.78 is 29.6. The monoisotopic (exact) mass is 383 g/mol. The largest absolute Gasteiger partial charge is 0.298 e. The second-order valence-corrected chi connectivity index (χ2v) is 7.85. The maximum Gasteiger partial charge on any atom is 0.294 e. The molecule has 0 aliphatic heterocycles. The molecule has 3 aromatic rings. The van der Waals surface area contributed by atoms with Crippen molar-refractivity contribution in [3.8, 4) is 0 Å².